The van der Waals surface area contributed by atoms with Crippen LogP contribution < -0.4 is 0 Å². The number of hydrogen-bond acceptors (Lipinski definition) is 2. The molecule has 1 rings (SSSR count). The summed E-state index contributed by atoms with van der Waals surface area (Å²) < 4.78 is 0.664. The van der Waals surface area contributed by atoms with Gasteiger partial charge in [-0.05, 0) is 24.8 Å². The van der Waals surface area contributed by atoms with Crippen LogP contribution in [0.15, 0.2) is 35.2 Å². The molecule has 1 aromatic carbocycles. The van der Waals surface area contributed by atoms with Crippen molar-refractivity contribution in [1.82, 2.24) is 0 Å². The van der Waals surface area contributed by atoms with E-state index in [9.17, 15) is 0 Å². The van der Waals surface area contributed by atoms with Gasteiger partial charge in [-0.2, -0.15) is 0 Å². The third-order valence-corrected chi connectivity index (χ3v) is 3.82. The van der Waals surface area contributed by atoms with Gasteiger partial charge in [0.25, 0.3) is 0 Å². The van der Waals surface area contributed by atoms with E-state index in [-0.39, 0.29) is 0 Å². The predicted molar refractivity (Wildman–Crippen MR) is 59.9 cm³/mol. The Balaban J connectivity index is 2.41. The molecule has 0 bridgehead atoms. The molecule has 1 atom stereocenters. The molecular formula is C10H14S2. The van der Waals surface area contributed by atoms with Crippen LogP contribution in [0.25, 0.3) is 0 Å². The summed E-state index contributed by atoms with van der Waals surface area (Å²) in [6, 6.07) is 10.6. The quantitative estimate of drug-likeness (QED) is 0.532. The summed E-state index contributed by atoms with van der Waals surface area (Å²) in [7, 11) is 0. The lowest BCUT2D eigenvalue weighted by molar-refractivity contribution is 1.36. The summed E-state index contributed by atoms with van der Waals surface area (Å²) in [5.74, 6) is 1.20. The molecule has 66 valence electrons. The van der Waals surface area contributed by atoms with Crippen molar-refractivity contribution in [3.05, 3.63) is 30.3 Å². The average Bonchev–Trinajstić information content (AvgIpc) is 2.06. The van der Waals surface area contributed by atoms with Crippen LogP contribution >= 0.6 is 23.5 Å². The fourth-order valence-corrected chi connectivity index (χ4v) is 3.14. The minimum absolute atomic E-state index is 0.664. The van der Waals surface area contributed by atoms with Crippen LogP contribution in [0.2, 0.25) is 0 Å². The molecule has 0 aromatic heterocycles. The highest BCUT2D eigenvalue weighted by molar-refractivity contribution is 8.17. The Bertz CT molecular complexity index is 208. The molecule has 0 spiro atoms. The first-order chi connectivity index (χ1) is 5.83. The topological polar surface area (TPSA) is 0 Å². The van der Waals surface area contributed by atoms with Crippen LogP contribution in [0.5, 0.6) is 0 Å². The minimum atomic E-state index is 0.664. The van der Waals surface area contributed by atoms with Crippen molar-refractivity contribution in [2.24, 2.45) is 0 Å². The van der Waals surface area contributed by atoms with Crippen LogP contribution in [-0.2, 0) is 0 Å². The molecule has 0 aliphatic carbocycles. The molecule has 1 aromatic rings. The van der Waals surface area contributed by atoms with Crippen molar-refractivity contribution in [2.75, 3.05) is 5.75 Å². The lowest BCUT2D eigenvalue weighted by atomic mass is 10.4. The van der Waals surface area contributed by atoms with Gasteiger partial charge < -0.3 is 0 Å². The van der Waals surface area contributed by atoms with Crippen molar-refractivity contribution >= 4 is 23.5 Å². The Morgan fingerprint density at radius 2 is 1.92 bits per heavy atom. The van der Waals surface area contributed by atoms with Crippen LogP contribution in [0.3, 0.4) is 0 Å². The maximum absolute atomic E-state index is 2.26. The van der Waals surface area contributed by atoms with E-state index in [1.807, 2.05) is 23.5 Å². The highest BCUT2D eigenvalue weighted by Gasteiger charge is 2.01. The molecule has 0 radical (unpaired) electrons. The average molecular weight is 198 g/mol. The predicted octanol–water partition coefficient (Wildman–Crippen LogP) is 3.88. The zero-order chi connectivity index (χ0) is 8.81. The van der Waals surface area contributed by atoms with Crippen LogP contribution in [0.1, 0.15) is 13.8 Å². The first-order valence-corrected chi connectivity index (χ1v) is 6.09. The second-order valence-electron chi connectivity index (χ2n) is 2.45. The fourth-order valence-electron chi connectivity index (χ4n) is 0.959. The van der Waals surface area contributed by atoms with Gasteiger partial charge in [0.2, 0.25) is 0 Å². The van der Waals surface area contributed by atoms with E-state index in [2.05, 4.69) is 44.2 Å². The van der Waals surface area contributed by atoms with E-state index in [1.54, 1.807) is 0 Å². The Kier molecular flexibility index (Phi) is 4.62. The van der Waals surface area contributed by atoms with Crippen molar-refractivity contribution < 1.29 is 0 Å². The molecular weight excluding hydrogens is 184 g/mol. The summed E-state index contributed by atoms with van der Waals surface area (Å²) >= 11 is 3.92. The highest BCUT2D eigenvalue weighted by atomic mass is 32.2. The fraction of sp³-hybridized carbons (Fsp3) is 0.400. The summed E-state index contributed by atoms with van der Waals surface area (Å²) in [5.41, 5.74) is 0. The van der Waals surface area contributed by atoms with Crippen molar-refractivity contribution in [3.63, 3.8) is 0 Å². The molecule has 0 heterocycles. The van der Waals surface area contributed by atoms with Gasteiger partial charge >= 0.3 is 0 Å². The molecule has 0 nitrogen and oxygen atoms in total. The van der Waals surface area contributed by atoms with E-state index in [4.69, 9.17) is 0 Å². The second-order valence-corrected chi connectivity index (χ2v) is 5.78. The van der Waals surface area contributed by atoms with Gasteiger partial charge in [0, 0.05) is 4.90 Å². The van der Waals surface area contributed by atoms with Gasteiger partial charge in [-0.1, -0.05) is 25.1 Å². The van der Waals surface area contributed by atoms with Gasteiger partial charge in [0.15, 0.2) is 0 Å². The molecule has 0 saturated heterocycles. The number of thioether (sulfide) groups is 2. The first-order valence-electron chi connectivity index (χ1n) is 4.16. The zero-order valence-electron chi connectivity index (χ0n) is 7.49. The molecule has 0 amide bonds. The molecule has 0 fully saturated rings. The standard InChI is InChI=1S/C10H14S2/c1-3-11-9(2)12-10-7-5-4-6-8-10/h4-9H,3H2,1-2H3. The Labute approximate surface area is 83.1 Å². The van der Waals surface area contributed by atoms with E-state index >= 15 is 0 Å². The highest BCUT2D eigenvalue weighted by Crippen LogP contribution is 2.29. The van der Waals surface area contributed by atoms with Gasteiger partial charge in [0.05, 0.1) is 4.58 Å². The SMILES string of the molecule is CCSC(C)Sc1ccccc1. The molecule has 0 aliphatic rings. The van der Waals surface area contributed by atoms with E-state index in [0.717, 1.165) is 0 Å². The van der Waals surface area contributed by atoms with Crippen LogP contribution in [0.4, 0.5) is 0 Å². The smallest absolute Gasteiger partial charge is 0.0521 e. The molecule has 2 heteroatoms. The Morgan fingerprint density at radius 1 is 1.25 bits per heavy atom. The maximum Gasteiger partial charge on any atom is 0.0521 e. The van der Waals surface area contributed by atoms with E-state index < -0.39 is 0 Å². The van der Waals surface area contributed by atoms with Gasteiger partial charge in [-0.3, -0.25) is 0 Å². The van der Waals surface area contributed by atoms with E-state index in [1.165, 1.54) is 10.6 Å². The number of benzene rings is 1. The zero-order valence-corrected chi connectivity index (χ0v) is 9.12. The Hall–Kier alpha value is -0.0800. The van der Waals surface area contributed by atoms with E-state index in [0.29, 0.717) is 4.58 Å². The van der Waals surface area contributed by atoms with Crippen LogP contribution in [-0.4, -0.2) is 10.3 Å². The lowest BCUT2D eigenvalue weighted by Crippen LogP contribution is -1.88. The third kappa shape index (κ3) is 3.55. The third-order valence-electron chi connectivity index (χ3n) is 1.45. The van der Waals surface area contributed by atoms with Crippen molar-refractivity contribution in [1.29, 1.82) is 0 Å². The van der Waals surface area contributed by atoms with Gasteiger partial charge in [-0.15, -0.1) is 23.5 Å². The minimum Gasteiger partial charge on any atom is -0.148 e. The number of hydrogen-bond donors (Lipinski definition) is 0. The molecule has 12 heavy (non-hydrogen) atoms. The second kappa shape index (κ2) is 5.55. The maximum atomic E-state index is 2.26. The molecule has 0 aliphatic heterocycles. The first kappa shape index (κ1) is 10.0. The summed E-state index contributed by atoms with van der Waals surface area (Å²) in [4.78, 5) is 1.37. The summed E-state index contributed by atoms with van der Waals surface area (Å²) in [6.45, 7) is 4.46. The summed E-state index contributed by atoms with van der Waals surface area (Å²) in [6.07, 6.45) is 0. The largest absolute Gasteiger partial charge is 0.148 e. The van der Waals surface area contributed by atoms with Gasteiger partial charge in [-0.25, -0.2) is 0 Å². The summed E-state index contributed by atoms with van der Waals surface area (Å²) in [5, 5.41) is 0. The molecule has 0 N–H and O–H groups in total. The van der Waals surface area contributed by atoms with Crippen molar-refractivity contribution in [3.8, 4) is 0 Å². The number of rotatable bonds is 4. The van der Waals surface area contributed by atoms with Gasteiger partial charge in [0.1, 0.15) is 0 Å². The lowest BCUT2D eigenvalue weighted by Gasteiger charge is -2.08. The Morgan fingerprint density at radius 3 is 2.50 bits per heavy atom. The monoisotopic (exact) mass is 198 g/mol. The normalized spacial score (nSPS) is 12.8. The molecule has 1 unspecified atom stereocenters. The molecule has 0 saturated carbocycles. The van der Waals surface area contributed by atoms with Crippen LogP contribution in [0, 0.1) is 0 Å². The van der Waals surface area contributed by atoms with Crippen molar-refractivity contribution in [2.45, 2.75) is 23.3 Å².